The van der Waals surface area contributed by atoms with E-state index in [1.54, 1.807) is 6.20 Å². The van der Waals surface area contributed by atoms with E-state index in [-0.39, 0.29) is 0 Å². The van der Waals surface area contributed by atoms with Crippen LogP contribution in [0.5, 0.6) is 0 Å². The standard InChI is InChI=1S/C13H20N4O/c1-4-6-14-8-13-15-7-12(18-13)10-9-17(3)16-11(10)5-2/h7,9,14H,4-6,8H2,1-3H3. The predicted molar refractivity (Wildman–Crippen MR) is 70.1 cm³/mol. The van der Waals surface area contributed by atoms with Gasteiger partial charge in [-0.25, -0.2) is 4.98 Å². The summed E-state index contributed by atoms with van der Waals surface area (Å²) in [4.78, 5) is 4.28. The minimum absolute atomic E-state index is 0.676. The number of aromatic nitrogens is 3. The summed E-state index contributed by atoms with van der Waals surface area (Å²) in [7, 11) is 1.92. The third-order valence-electron chi connectivity index (χ3n) is 2.76. The first-order valence-electron chi connectivity index (χ1n) is 6.42. The Balaban J connectivity index is 2.13. The maximum absolute atomic E-state index is 5.75. The first-order valence-corrected chi connectivity index (χ1v) is 6.42. The SMILES string of the molecule is CCCNCc1ncc(-c2cn(C)nc2CC)o1. The highest BCUT2D eigenvalue weighted by Crippen LogP contribution is 2.23. The molecule has 0 bridgehead atoms. The van der Waals surface area contributed by atoms with Gasteiger partial charge in [0.1, 0.15) is 0 Å². The molecule has 5 nitrogen and oxygen atoms in total. The lowest BCUT2D eigenvalue weighted by Crippen LogP contribution is -2.13. The quantitative estimate of drug-likeness (QED) is 0.796. The second-order valence-corrected chi connectivity index (χ2v) is 4.31. The molecule has 2 rings (SSSR count). The van der Waals surface area contributed by atoms with Crippen molar-refractivity contribution in [1.29, 1.82) is 0 Å². The van der Waals surface area contributed by atoms with Crippen LogP contribution >= 0.6 is 0 Å². The maximum Gasteiger partial charge on any atom is 0.208 e. The highest BCUT2D eigenvalue weighted by atomic mass is 16.4. The fraction of sp³-hybridized carbons (Fsp3) is 0.538. The number of nitrogens with one attached hydrogen (secondary N) is 1. The van der Waals surface area contributed by atoms with Crippen molar-refractivity contribution in [3.63, 3.8) is 0 Å². The summed E-state index contributed by atoms with van der Waals surface area (Å²) in [5.41, 5.74) is 2.08. The van der Waals surface area contributed by atoms with Crippen LogP contribution in [-0.2, 0) is 20.0 Å². The molecule has 2 aromatic heterocycles. The minimum atomic E-state index is 0.676. The molecule has 0 aliphatic carbocycles. The fourth-order valence-electron chi connectivity index (χ4n) is 1.89. The Hall–Kier alpha value is -1.62. The summed E-state index contributed by atoms with van der Waals surface area (Å²) in [6.45, 7) is 5.88. The first kappa shape index (κ1) is 12.8. The van der Waals surface area contributed by atoms with Crippen molar-refractivity contribution in [2.75, 3.05) is 6.54 Å². The Morgan fingerprint density at radius 2 is 2.22 bits per heavy atom. The van der Waals surface area contributed by atoms with Gasteiger partial charge in [-0.1, -0.05) is 13.8 Å². The average molecular weight is 248 g/mol. The molecule has 18 heavy (non-hydrogen) atoms. The van der Waals surface area contributed by atoms with Gasteiger partial charge < -0.3 is 9.73 Å². The van der Waals surface area contributed by atoms with Gasteiger partial charge in [-0.2, -0.15) is 5.10 Å². The van der Waals surface area contributed by atoms with Gasteiger partial charge in [0.25, 0.3) is 0 Å². The van der Waals surface area contributed by atoms with Gasteiger partial charge in [0, 0.05) is 13.2 Å². The summed E-state index contributed by atoms with van der Waals surface area (Å²) >= 11 is 0. The van der Waals surface area contributed by atoms with Crippen molar-refractivity contribution in [2.24, 2.45) is 7.05 Å². The summed E-state index contributed by atoms with van der Waals surface area (Å²) in [5, 5.41) is 7.68. The van der Waals surface area contributed by atoms with Gasteiger partial charge >= 0.3 is 0 Å². The molecule has 2 aromatic rings. The molecule has 0 aliphatic heterocycles. The minimum Gasteiger partial charge on any atom is -0.439 e. The lowest BCUT2D eigenvalue weighted by molar-refractivity contribution is 0.477. The molecule has 0 aromatic carbocycles. The zero-order chi connectivity index (χ0) is 13.0. The van der Waals surface area contributed by atoms with E-state index in [0.717, 1.165) is 42.3 Å². The second-order valence-electron chi connectivity index (χ2n) is 4.31. The van der Waals surface area contributed by atoms with Crippen molar-refractivity contribution in [3.05, 3.63) is 24.0 Å². The van der Waals surface area contributed by atoms with Crippen molar-refractivity contribution >= 4 is 0 Å². The predicted octanol–water partition coefficient (Wildman–Crippen LogP) is 2.14. The van der Waals surface area contributed by atoms with E-state index in [4.69, 9.17) is 4.42 Å². The van der Waals surface area contributed by atoms with Gasteiger partial charge in [0.2, 0.25) is 5.89 Å². The van der Waals surface area contributed by atoms with E-state index in [9.17, 15) is 0 Å². The van der Waals surface area contributed by atoms with Crippen molar-refractivity contribution in [2.45, 2.75) is 33.2 Å². The van der Waals surface area contributed by atoms with E-state index in [1.165, 1.54) is 0 Å². The Morgan fingerprint density at radius 1 is 1.39 bits per heavy atom. The molecule has 0 saturated heterocycles. The van der Waals surface area contributed by atoms with Crippen molar-refractivity contribution < 1.29 is 4.42 Å². The third kappa shape index (κ3) is 2.79. The monoisotopic (exact) mass is 248 g/mol. The van der Waals surface area contributed by atoms with E-state index in [0.29, 0.717) is 6.54 Å². The van der Waals surface area contributed by atoms with Crippen LogP contribution in [0.25, 0.3) is 11.3 Å². The molecule has 0 saturated carbocycles. The van der Waals surface area contributed by atoms with Crippen LogP contribution in [0.2, 0.25) is 0 Å². The van der Waals surface area contributed by atoms with E-state index < -0.39 is 0 Å². The molecule has 2 heterocycles. The van der Waals surface area contributed by atoms with Gasteiger partial charge in [0.15, 0.2) is 5.76 Å². The molecule has 0 fully saturated rings. The number of rotatable bonds is 6. The first-order chi connectivity index (χ1) is 8.74. The molecular weight excluding hydrogens is 228 g/mol. The van der Waals surface area contributed by atoms with Gasteiger partial charge in [-0.3, -0.25) is 4.68 Å². The van der Waals surface area contributed by atoms with Crippen molar-refractivity contribution in [3.8, 4) is 11.3 Å². The molecule has 0 atom stereocenters. The molecule has 1 N–H and O–H groups in total. The zero-order valence-electron chi connectivity index (χ0n) is 11.2. The van der Waals surface area contributed by atoms with E-state index in [2.05, 4.69) is 29.2 Å². The molecule has 0 amide bonds. The summed E-state index contributed by atoms with van der Waals surface area (Å²) < 4.78 is 7.56. The molecule has 0 unspecified atom stereocenters. The molecule has 5 heteroatoms. The third-order valence-corrected chi connectivity index (χ3v) is 2.76. The molecule has 0 aliphatic rings. The van der Waals surface area contributed by atoms with Crippen LogP contribution in [0.1, 0.15) is 31.9 Å². The summed E-state index contributed by atoms with van der Waals surface area (Å²) in [6, 6.07) is 0. The van der Waals surface area contributed by atoms with Crippen LogP contribution in [0, 0.1) is 0 Å². The Kier molecular flexibility index (Phi) is 4.15. The van der Waals surface area contributed by atoms with Gasteiger partial charge in [-0.05, 0) is 19.4 Å². The van der Waals surface area contributed by atoms with Crippen LogP contribution in [-0.4, -0.2) is 21.3 Å². The largest absolute Gasteiger partial charge is 0.439 e. The van der Waals surface area contributed by atoms with Crippen LogP contribution in [0.4, 0.5) is 0 Å². The summed E-state index contributed by atoms with van der Waals surface area (Å²) in [6.07, 6.45) is 5.75. The van der Waals surface area contributed by atoms with Gasteiger partial charge in [0.05, 0.1) is 24.0 Å². The molecule has 98 valence electrons. The summed E-state index contributed by atoms with van der Waals surface area (Å²) in [5.74, 6) is 1.53. The highest BCUT2D eigenvalue weighted by Gasteiger charge is 2.13. The number of nitrogens with zero attached hydrogens (tertiary/aromatic N) is 3. The maximum atomic E-state index is 5.75. The Bertz CT molecular complexity index is 501. The van der Waals surface area contributed by atoms with Crippen LogP contribution < -0.4 is 5.32 Å². The molecule has 0 radical (unpaired) electrons. The average Bonchev–Trinajstić information content (AvgIpc) is 2.95. The lowest BCUT2D eigenvalue weighted by atomic mass is 10.2. The number of oxazole rings is 1. The molecule has 0 spiro atoms. The Morgan fingerprint density at radius 3 is 2.94 bits per heavy atom. The lowest BCUT2D eigenvalue weighted by Gasteiger charge is -1.98. The number of hydrogen-bond donors (Lipinski definition) is 1. The van der Waals surface area contributed by atoms with Crippen LogP contribution in [0.15, 0.2) is 16.8 Å². The van der Waals surface area contributed by atoms with Gasteiger partial charge in [-0.15, -0.1) is 0 Å². The van der Waals surface area contributed by atoms with E-state index in [1.807, 2.05) is 17.9 Å². The number of aryl methyl sites for hydroxylation is 2. The van der Waals surface area contributed by atoms with Crippen molar-refractivity contribution in [1.82, 2.24) is 20.1 Å². The van der Waals surface area contributed by atoms with Crippen LogP contribution in [0.3, 0.4) is 0 Å². The highest BCUT2D eigenvalue weighted by molar-refractivity contribution is 5.58. The fourth-order valence-corrected chi connectivity index (χ4v) is 1.89. The molecular formula is C13H20N4O. The van der Waals surface area contributed by atoms with E-state index >= 15 is 0 Å². The smallest absolute Gasteiger partial charge is 0.208 e. The second kappa shape index (κ2) is 5.82. The normalized spacial score (nSPS) is 11.1. The zero-order valence-corrected chi connectivity index (χ0v) is 11.2. The topological polar surface area (TPSA) is 55.9 Å². The number of hydrogen-bond acceptors (Lipinski definition) is 4. The Labute approximate surface area is 107 Å².